The summed E-state index contributed by atoms with van der Waals surface area (Å²) in [6, 6.07) is 0. The van der Waals surface area contributed by atoms with Crippen molar-refractivity contribution in [2.24, 2.45) is 16.5 Å². The molecule has 0 aromatic rings. The Labute approximate surface area is 52.2 Å². The fourth-order valence-corrected chi connectivity index (χ4v) is 0.316. The van der Waals surface area contributed by atoms with Crippen molar-refractivity contribution in [2.45, 2.75) is 0 Å². The molecule has 0 aliphatic heterocycles. The smallest absolute Gasteiger partial charge is 0.189 e. The van der Waals surface area contributed by atoms with Crippen molar-refractivity contribution in [3.63, 3.8) is 0 Å². The fourth-order valence-electron chi connectivity index (χ4n) is 0.105. The van der Waals surface area contributed by atoms with Crippen LogP contribution in [0.3, 0.4) is 0 Å². The maximum atomic E-state index is 4.87. The van der Waals surface area contributed by atoms with Gasteiger partial charge in [0.15, 0.2) is 5.96 Å². The second-order valence-electron chi connectivity index (χ2n) is 0.803. The summed E-state index contributed by atoms with van der Waals surface area (Å²) in [4.78, 5) is 3.30. The van der Waals surface area contributed by atoms with Crippen LogP contribution in [0.5, 0.6) is 0 Å². The van der Waals surface area contributed by atoms with Crippen LogP contribution in [0, 0.1) is 0 Å². The molecule has 0 aliphatic carbocycles. The van der Waals surface area contributed by atoms with Gasteiger partial charge in [-0.05, 0) is 4.32 Å². The molecular weight excluding hydrogens is 130 g/mol. The highest BCUT2D eigenvalue weighted by Gasteiger charge is 1.69. The van der Waals surface area contributed by atoms with Gasteiger partial charge in [0, 0.05) is 0 Å². The molecule has 0 heterocycles. The van der Waals surface area contributed by atoms with Crippen LogP contribution >= 0.6 is 12.2 Å². The van der Waals surface area contributed by atoms with Crippen molar-refractivity contribution < 1.29 is 0 Å². The van der Waals surface area contributed by atoms with E-state index in [9.17, 15) is 0 Å². The van der Waals surface area contributed by atoms with E-state index in [1.807, 2.05) is 0 Å². The quantitative estimate of drug-likeness (QED) is 0.195. The van der Waals surface area contributed by atoms with Gasteiger partial charge < -0.3 is 36.3 Å². The number of rotatable bonds is 0. The molecule has 0 amide bonds. The van der Waals surface area contributed by atoms with E-state index in [-0.39, 0.29) is 10.3 Å². The van der Waals surface area contributed by atoms with Crippen molar-refractivity contribution in [1.29, 1.82) is 0 Å². The van der Waals surface area contributed by atoms with Gasteiger partial charge in [-0.25, -0.2) is 4.99 Å². The topological polar surface area (TPSA) is 64.4 Å². The minimum Gasteiger partial charge on any atom is -0.409 e. The molecule has 3 nitrogen and oxygen atoms in total. The van der Waals surface area contributed by atoms with Gasteiger partial charge in [-0.2, -0.15) is 0 Å². The predicted octanol–water partition coefficient (Wildman–Crippen LogP) is -0.908. The first-order chi connectivity index (χ1) is 3.13. The van der Waals surface area contributed by atoms with Gasteiger partial charge in [0.25, 0.3) is 0 Å². The molecule has 0 aromatic carbocycles. The van der Waals surface area contributed by atoms with Crippen molar-refractivity contribution in [1.82, 2.24) is 0 Å². The molecule has 0 aliphatic rings. The average molecular weight is 134 g/mol. The molecule has 5 heteroatoms. The number of guanidine groups is 1. The third kappa shape index (κ3) is 5.58. The van der Waals surface area contributed by atoms with Crippen LogP contribution in [0.1, 0.15) is 0 Å². The van der Waals surface area contributed by atoms with Crippen LogP contribution < -0.4 is 11.5 Å². The van der Waals surface area contributed by atoms with Crippen LogP contribution in [0.25, 0.3) is 0 Å². The van der Waals surface area contributed by atoms with Gasteiger partial charge in [0.2, 0.25) is 0 Å². The summed E-state index contributed by atoms with van der Waals surface area (Å²) in [7, 11) is 0. The molecule has 0 bridgehead atoms. The number of nitrogens with zero attached hydrogens (tertiary/aromatic N) is 1. The van der Waals surface area contributed by atoms with Crippen LogP contribution in [0.15, 0.2) is 4.99 Å². The zero-order valence-corrected chi connectivity index (χ0v) is 5.05. The Bertz CT molecular complexity index is 104. The first-order valence-electron chi connectivity index (χ1n) is 1.43. The lowest BCUT2D eigenvalue weighted by Gasteiger charge is -1.93. The monoisotopic (exact) mass is 134 g/mol. The molecule has 7 heavy (non-hydrogen) atoms. The van der Waals surface area contributed by atoms with E-state index in [1.54, 1.807) is 0 Å². The lowest BCUT2D eigenvalue weighted by Crippen LogP contribution is -2.23. The van der Waals surface area contributed by atoms with Gasteiger partial charge >= 0.3 is 0 Å². The molecule has 0 fully saturated rings. The van der Waals surface area contributed by atoms with Crippen LogP contribution in [0.4, 0.5) is 0 Å². The Hall–Kier alpha value is -0.420. The van der Waals surface area contributed by atoms with E-state index in [0.717, 1.165) is 0 Å². The van der Waals surface area contributed by atoms with Crippen molar-refractivity contribution in [3.8, 4) is 0 Å². The summed E-state index contributed by atoms with van der Waals surface area (Å²) in [6.45, 7) is 0. The first-order valence-corrected chi connectivity index (χ1v) is 2.25. The molecule has 0 aromatic heterocycles. The van der Waals surface area contributed by atoms with Gasteiger partial charge in [0.1, 0.15) is 0 Å². The van der Waals surface area contributed by atoms with E-state index < -0.39 is 0 Å². The maximum absolute atomic E-state index is 4.87. The van der Waals surface area contributed by atoms with Crippen molar-refractivity contribution in [2.75, 3.05) is 0 Å². The third-order valence-electron chi connectivity index (χ3n) is 0.220. The van der Waals surface area contributed by atoms with Crippen LogP contribution in [0.2, 0.25) is 0 Å². The standard InChI is InChI=1S/C2H5N3S2/c3-1(4)5-2(6)7/h(H5,3,4,5,6,7)/p-1. The minimum atomic E-state index is -0.0833. The van der Waals surface area contributed by atoms with Crippen molar-refractivity contribution in [3.05, 3.63) is 0 Å². The molecule has 0 saturated heterocycles. The third-order valence-corrected chi connectivity index (χ3v) is 0.403. The van der Waals surface area contributed by atoms with Gasteiger partial charge in [0.05, 0.1) is 0 Å². The molecular formula is C2H4N3S2-. The second-order valence-corrected chi connectivity index (χ2v) is 1.83. The Morgan fingerprint density at radius 3 is 2.00 bits per heavy atom. The van der Waals surface area contributed by atoms with Crippen molar-refractivity contribution >= 4 is 35.1 Å². The SMILES string of the molecule is NC(N)=NC(=S)[S-]. The summed E-state index contributed by atoms with van der Waals surface area (Å²) in [5, 5.41) is 0. The van der Waals surface area contributed by atoms with Gasteiger partial charge in [-0.15, -0.1) is 0 Å². The predicted molar refractivity (Wildman–Crippen MR) is 35.8 cm³/mol. The van der Waals surface area contributed by atoms with E-state index >= 15 is 0 Å². The van der Waals surface area contributed by atoms with Gasteiger partial charge in [-0.3, -0.25) is 0 Å². The Kier molecular flexibility index (Phi) is 2.54. The summed E-state index contributed by atoms with van der Waals surface area (Å²) in [5.74, 6) is -0.0833. The largest absolute Gasteiger partial charge is 0.409 e. The summed E-state index contributed by atoms with van der Waals surface area (Å²) in [6.07, 6.45) is 0. The first kappa shape index (κ1) is 6.58. The number of nitrogens with two attached hydrogens (primary N) is 2. The second kappa shape index (κ2) is 2.70. The number of thiocarbonyl (C=S) groups is 1. The highest BCUT2D eigenvalue weighted by atomic mass is 32.1. The minimum absolute atomic E-state index is 0.0417. The molecule has 0 rings (SSSR count). The molecule has 0 spiro atoms. The number of aliphatic imine (C=N–C) groups is 1. The molecule has 40 valence electrons. The molecule has 0 radical (unpaired) electrons. The van der Waals surface area contributed by atoms with Gasteiger partial charge in [-0.1, -0.05) is 0 Å². The van der Waals surface area contributed by atoms with E-state index in [1.165, 1.54) is 0 Å². The highest BCUT2D eigenvalue weighted by Crippen LogP contribution is 1.70. The number of hydrogen-bond acceptors (Lipinski definition) is 2. The van der Waals surface area contributed by atoms with E-state index in [0.29, 0.717) is 0 Å². The molecule has 0 atom stereocenters. The number of hydrogen-bond donors (Lipinski definition) is 2. The molecule has 0 unspecified atom stereocenters. The Morgan fingerprint density at radius 2 is 2.00 bits per heavy atom. The lowest BCUT2D eigenvalue weighted by molar-refractivity contribution is 1.51. The molecule has 0 saturated carbocycles. The maximum Gasteiger partial charge on any atom is 0.189 e. The average Bonchev–Trinajstić information content (AvgIpc) is 1.27. The lowest BCUT2D eigenvalue weighted by atomic mass is 11.1. The summed E-state index contributed by atoms with van der Waals surface area (Å²) < 4.78 is 0.0417. The zero-order valence-electron chi connectivity index (χ0n) is 3.42. The van der Waals surface area contributed by atoms with Crippen LogP contribution in [-0.4, -0.2) is 10.3 Å². The normalized spacial score (nSPS) is 7.43. The summed E-state index contributed by atoms with van der Waals surface area (Å²) in [5.41, 5.74) is 9.73. The Balaban J connectivity index is 3.68. The molecule has 4 N–H and O–H groups in total. The van der Waals surface area contributed by atoms with E-state index in [4.69, 9.17) is 11.5 Å². The van der Waals surface area contributed by atoms with Crippen LogP contribution in [-0.2, 0) is 12.6 Å². The zero-order chi connectivity index (χ0) is 5.86. The Morgan fingerprint density at radius 1 is 1.57 bits per heavy atom. The van der Waals surface area contributed by atoms with E-state index in [2.05, 4.69) is 29.8 Å². The highest BCUT2D eigenvalue weighted by molar-refractivity contribution is 8.00. The summed E-state index contributed by atoms with van der Waals surface area (Å²) >= 11 is 8.68. The fraction of sp³-hybridized carbons (Fsp3) is 0.